The number of aryl methyl sites for hydroxylation is 1. The minimum atomic E-state index is -0.332. The van der Waals surface area contributed by atoms with Crippen LogP contribution in [0, 0.1) is 6.92 Å². The molecule has 0 aliphatic carbocycles. The predicted molar refractivity (Wildman–Crippen MR) is 105 cm³/mol. The summed E-state index contributed by atoms with van der Waals surface area (Å²) in [6, 6.07) is 10.8. The maximum atomic E-state index is 13.1. The molecule has 27 heavy (non-hydrogen) atoms. The number of carbonyl (C=O) groups excluding carboxylic acids is 2. The third kappa shape index (κ3) is 3.28. The first-order valence-corrected chi connectivity index (χ1v) is 9.75. The maximum absolute atomic E-state index is 13.1. The number of carbonyl (C=O) groups is 2. The largest absolute Gasteiger partial charge is 0.459 e. The van der Waals surface area contributed by atoms with Crippen LogP contribution in [0.5, 0.6) is 0 Å². The molecule has 1 unspecified atom stereocenters. The second kappa shape index (κ2) is 7.04. The Morgan fingerprint density at radius 2 is 2.11 bits per heavy atom. The lowest BCUT2D eigenvalue weighted by atomic mass is 10.00. The Bertz CT molecular complexity index is 991. The third-order valence-corrected chi connectivity index (χ3v) is 6.01. The Hall–Kier alpha value is -2.86. The molecule has 1 N–H and O–H groups in total. The summed E-state index contributed by atoms with van der Waals surface area (Å²) in [5.74, 6) is -0.115. The van der Waals surface area contributed by atoms with Crippen LogP contribution in [0.1, 0.15) is 49.9 Å². The molecule has 6 heteroatoms. The van der Waals surface area contributed by atoms with Gasteiger partial charge in [0, 0.05) is 22.7 Å². The van der Waals surface area contributed by atoms with Crippen molar-refractivity contribution in [3.05, 3.63) is 75.4 Å². The number of hydrogen-bond donors (Lipinski definition) is 1. The normalized spacial score (nSPS) is 16.1. The molecule has 0 radical (unpaired) electrons. The van der Waals surface area contributed by atoms with Crippen LogP contribution in [0.25, 0.3) is 0 Å². The van der Waals surface area contributed by atoms with Gasteiger partial charge in [0.15, 0.2) is 5.76 Å². The van der Waals surface area contributed by atoms with Crippen molar-refractivity contribution < 1.29 is 14.0 Å². The number of amides is 2. The molecule has 0 saturated carbocycles. The summed E-state index contributed by atoms with van der Waals surface area (Å²) >= 11 is 1.75. The Labute approximate surface area is 161 Å². The van der Waals surface area contributed by atoms with Gasteiger partial charge in [-0.2, -0.15) is 0 Å². The highest BCUT2D eigenvalue weighted by molar-refractivity contribution is 7.10. The zero-order chi connectivity index (χ0) is 19.0. The summed E-state index contributed by atoms with van der Waals surface area (Å²) in [6.07, 6.45) is 2.34. The van der Waals surface area contributed by atoms with E-state index in [9.17, 15) is 9.59 Å². The van der Waals surface area contributed by atoms with Crippen molar-refractivity contribution in [1.82, 2.24) is 4.90 Å². The number of anilines is 1. The van der Waals surface area contributed by atoms with Gasteiger partial charge in [-0.15, -0.1) is 11.3 Å². The average Bonchev–Trinajstić information content (AvgIpc) is 3.35. The summed E-state index contributed by atoms with van der Waals surface area (Å²) < 4.78 is 5.13. The fourth-order valence-corrected chi connectivity index (χ4v) is 4.40. The van der Waals surface area contributed by atoms with E-state index < -0.39 is 0 Å². The number of hydrogen-bond acceptors (Lipinski definition) is 4. The smallest absolute Gasteiger partial charge is 0.291 e. The van der Waals surface area contributed by atoms with Gasteiger partial charge in [-0.25, -0.2) is 0 Å². The van der Waals surface area contributed by atoms with Crippen molar-refractivity contribution in [2.45, 2.75) is 26.3 Å². The van der Waals surface area contributed by atoms with Gasteiger partial charge in [0.25, 0.3) is 11.8 Å². The molecule has 0 fully saturated rings. The fourth-order valence-electron chi connectivity index (χ4n) is 3.43. The maximum Gasteiger partial charge on any atom is 0.291 e. The molecular weight excluding hydrogens is 360 g/mol. The van der Waals surface area contributed by atoms with Crippen molar-refractivity contribution >= 4 is 28.8 Å². The fraction of sp³-hybridized carbons (Fsp3) is 0.238. The number of thiophene rings is 1. The van der Waals surface area contributed by atoms with Crippen LogP contribution in [0.4, 0.5) is 5.69 Å². The number of nitrogens with one attached hydrogen (secondary N) is 1. The van der Waals surface area contributed by atoms with E-state index in [-0.39, 0.29) is 23.6 Å². The highest BCUT2D eigenvalue weighted by Gasteiger charge is 2.29. The molecule has 5 nitrogen and oxygen atoms in total. The summed E-state index contributed by atoms with van der Waals surface area (Å²) in [5, 5.41) is 4.92. The van der Waals surface area contributed by atoms with Crippen LogP contribution in [0.2, 0.25) is 0 Å². The molecule has 2 amide bonds. The molecule has 0 bridgehead atoms. The lowest BCUT2D eigenvalue weighted by molar-refractivity contribution is 0.0679. The Morgan fingerprint density at radius 3 is 2.89 bits per heavy atom. The number of fused-ring (bicyclic) bond motifs is 1. The predicted octanol–water partition coefficient (Wildman–Crippen LogP) is 4.66. The third-order valence-electron chi connectivity index (χ3n) is 5.02. The molecule has 4 rings (SSSR count). The average molecular weight is 380 g/mol. The number of benzene rings is 1. The van der Waals surface area contributed by atoms with Gasteiger partial charge < -0.3 is 14.6 Å². The van der Waals surface area contributed by atoms with Crippen LogP contribution >= 0.6 is 11.3 Å². The molecular formula is C21H20N2O3S. The van der Waals surface area contributed by atoms with Gasteiger partial charge in [0.2, 0.25) is 0 Å². The summed E-state index contributed by atoms with van der Waals surface area (Å²) in [7, 11) is 0. The first-order chi connectivity index (χ1) is 13.0. The molecule has 0 saturated heterocycles. The Kier molecular flexibility index (Phi) is 4.58. The molecule has 138 valence electrons. The number of rotatable bonds is 3. The molecule has 1 aromatic carbocycles. The lowest BCUT2D eigenvalue weighted by Crippen LogP contribution is -2.38. The van der Waals surface area contributed by atoms with E-state index in [1.54, 1.807) is 29.5 Å². The van der Waals surface area contributed by atoms with E-state index in [2.05, 4.69) is 23.7 Å². The van der Waals surface area contributed by atoms with Gasteiger partial charge in [-0.1, -0.05) is 6.07 Å². The van der Waals surface area contributed by atoms with Crippen LogP contribution in [-0.2, 0) is 6.42 Å². The highest BCUT2D eigenvalue weighted by Crippen LogP contribution is 2.34. The monoisotopic (exact) mass is 380 g/mol. The second-order valence-electron chi connectivity index (χ2n) is 6.68. The topological polar surface area (TPSA) is 62.6 Å². The van der Waals surface area contributed by atoms with Crippen molar-refractivity contribution in [2.75, 3.05) is 11.9 Å². The first kappa shape index (κ1) is 17.5. The van der Waals surface area contributed by atoms with Crippen molar-refractivity contribution in [3.8, 4) is 0 Å². The van der Waals surface area contributed by atoms with Crippen LogP contribution in [0.3, 0.4) is 0 Å². The Balaban J connectivity index is 1.57. The molecule has 2 aromatic heterocycles. The van der Waals surface area contributed by atoms with E-state index >= 15 is 0 Å². The molecule has 1 atom stereocenters. The standard InChI is InChI=1S/C21H20N2O3S/c1-13-5-6-15(12-17(13)22-20(24)18-4-3-10-26-18)21(25)23-9-7-19-16(14(23)2)8-11-27-19/h3-6,8,10-12,14H,7,9H2,1-2H3,(H,22,24). The van der Waals surface area contributed by atoms with Gasteiger partial charge in [0.1, 0.15) is 0 Å². The molecule has 3 aromatic rings. The lowest BCUT2D eigenvalue weighted by Gasteiger charge is -2.33. The van der Waals surface area contributed by atoms with Gasteiger partial charge in [0.05, 0.1) is 12.3 Å². The number of nitrogens with zero attached hydrogens (tertiary/aromatic N) is 1. The second-order valence-corrected chi connectivity index (χ2v) is 7.69. The summed E-state index contributed by atoms with van der Waals surface area (Å²) in [6.45, 7) is 4.67. The minimum absolute atomic E-state index is 0.0205. The van der Waals surface area contributed by atoms with Crippen molar-refractivity contribution in [3.63, 3.8) is 0 Å². The van der Waals surface area contributed by atoms with Gasteiger partial charge in [-0.05, 0) is 67.1 Å². The van der Waals surface area contributed by atoms with Crippen LogP contribution < -0.4 is 5.32 Å². The zero-order valence-corrected chi connectivity index (χ0v) is 16.0. The van der Waals surface area contributed by atoms with Gasteiger partial charge >= 0.3 is 0 Å². The number of furan rings is 1. The molecule has 0 spiro atoms. The van der Waals surface area contributed by atoms with Crippen LogP contribution in [0.15, 0.2) is 52.5 Å². The van der Waals surface area contributed by atoms with Crippen LogP contribution in [-0.4, -0.2) is 23.3 Å². The van der Waals surface area contributed by atoms with Crippen molar-refractivity contribution in [2.24, 2.45) is 0 Å². The SMILES string of the molecule is Cc1ccc(C(=O)N2CCc3sccc3C2C)cc1NC(=O)c1ccco1. The summed E-state index contributed by atoms with van der Waals surface area (Å²) in [5.41, 5.74) is 3.31. The zero-order valence-electron chi connectivity index (χ0n) is 15.2. The molecule has 1 aliphatic heterocycles. The van der Waals surface area contributed by atoms with E-state index in [1.165, 1.54) is 16.7 Å². The molecule has 1 aliphatic rings. The Morgan fingerprint density at radius 1 is 1.26 bits per heavy atom. The van der Waals surface area contributed by atoms with E-state index in [0.29, 0.717) is 17.8 Å². The first-order valence-electron chi connectivity index (χ1n) is 8.87. The highest BCUT2D eigenvalue weighted by atomic mass is 32.1. The van der Waals surface area contributed by atoms with E-state index in [0.717, 1.165) is 12.0 Å². The van der Waals surface area contributed by atoms with Gasteiger partial charge in [-0.3, -0.25) is 9.59 Å². The summed E-state index contributed by atoms with van der Waals surface area (Å²) in [4.78, 5) is 28.7. The van der Waals surface area contributed by atoms with E-state index in [1.807, 2.05) is 24.0 Å². The van der Waals surface area contributed by atoms with E-state index in [4.69, 9.17) is 4.42 Å². The van der Waals surface area contributed by atoms with Crippen molar-refractivity contribution in [1.29, 1.82) is 0 Å². The minimum Gasteiger partial charge on any atom is -0.459 e. The quantitative estimate of drug-likeness (QED) is 0.719. The molecule has 3 heterocycles.